The second-order valence-corrected chi connectivity index (χ2v) is 8.34. The van der Waals surface area contributed by atoms with Crippen molar-refractivity contribution in [1.29, 1.82) is 0 Å². The summed E-state index contributed by atoms with van der Waals surface area (Å²) in [6.07, 6.45) is 0. The van der Waals surface area contributed by atoms with Gasteiger partial charge in [0, 0.05) is 25.9 Å². The fourth-order valence-corrected chi connectivity index (χ4v) is 2.87. The van der Waals surface area contributed by atoms with E-state index in [1.54, 1.807) is 51.1 Å². The highest BCUT2D eigenvalue weighted by molar-refractivity contribution is 9.10. The van der Waals surface area contributed by atoms with Crippen LogP contribution in [0, 0.1) is 5.41 Å². The number of hydrogen-bond acceptors (Lipinski definition) is 3. The maximum absolute atomic E-state index is 13.0. The molecule has 0 atom stereocenters. The van der Waals surface area contributed by atoms with Gasteiger partial charge in [0.25, 0.3) is 0 Å². The largest absolute Gasteiger partial charge is 0.450 e. The van der Waals surface area contributed by atoms with Gasteiger partial charge < -0.3 is 9.73 Å². The number of rotatable bonds is 3. The highest BCUT2D eigenvalue weighted by Crippen LogP contribution is 2.35. The molecule has 0 fully saturated rings. The molecule has 0 radical (unpaired) electrons. The molecule has 0 aliphatic carbocycles. The maximum atomic E-state index is 13.0. The number of carbonyl (C=O) groups is 2. The van der Waals surface area contributed by atoms with Crippen LogP contribution >= 0.6 is 27.5 Å². The van der Waals surface area contributed by atoms with Crippen LogP contribution in [0.15, 0.2) is 51.4 Å². The van der Waals surface area contributed by atoms with Gasteiger partial charge in [0.2, 0.25) is 11.7 Å². The molecule has 0 spiro atoms. The lowest BCUT2D eigenvalue weighted by molar-refractivity contribution is -0.123. The molecule has 1 aromatic heterocycles. The fraction of sp³-hybridized carbons (Fsp3) is 0.200. The minimum Gasteiger partial charge on any atom is -0.450 e. The molecule has 6 heteroatoms. The average Bonchev–Trinajstić information content (AvgIpc) is 2.92. The summed E-state index contributed by atoms with van der Waals surface area (Å²) in [6, 6.07) is 11.9. The van der Waals surface area contributed by atoms with E-state index in [1.165, 1.54) is 0 Å². The summed E-state index contributed by atoms with van der Waals surface area (Å²) in [5.41, 5.74) is 0.714. The number of hydrogen-bond donors (Lipinski definition) is 1. The molecule has 0 unspecified atom stereocenters. The predicted octanol–water partition coefficient (Wildman–Crippen LogP) is 6.06. The number of benzene rings is 2. The van der Waals surface area contributed by atoms with Crippen LogP contribution in [0.4, 0.5) is 5.69 Å². The number of carbonyl (C=O) groups excluding carboxylic acids is 2. The van der Waals surface area contributed by atoms with Crippen molar-refractivity contribution in [2.45, 2.75) is 20.8 Å². The zero-order valence-electron chi connectivity index (χ0n) is 14.5. The van der Waals surface area contributed by atoms with Gasteiger partial charge in [-0.15, -0.1) is 0 Å². The highest BCUT2D eigenvalue weighted by Gasteiger charge is 2.27. The molecule has 3 rings (SSSR count). The molecule has 134 valence electrons. The summed E-state index contributed by atoms with van der Waals surface area (Å²) in [4.78, 5) is 25.5. The monoisotopic (exact) mass is 433 g/mol. The van der Waals surface area contributed by atoms with Gasteiger partial charge in [-0.05, 0) is 42.5 Å². The molecule has 4 nitrogen and oxygen atoms in total. The van der Waals surface area contributed by atoms with Crippen LogP contribution in [-0.2, 0) is 4.79 Å². The Morgan fingerprint density at radius 2 is 1.73 bits per heavy atom. The molecule has 0 bridgehead atoms. The van der Waals surface area contributed by atoms with Crippen molar-refractivity contribution in [1.82, 2.24) is 0 Å². The molecule has 1 N–H and O–H groups in total. The van der Waals surface area contributed by atoms with Gasteiger partial charge in [0.15, 0.2) is 5.76 Å². The van der Waals surface area contributed by atoms with Gasteiger partial charge in [0.1, 0.15) is 5.58 Å². The first kappa shape index (κ1) is 18.7. The summed E-state index contributed by atoms with van der Waals surface area (Å²) in [5, 5.41) is 4.06. The number of amides is 1. The summed E-state index contributed by atoms with van der Waals surface area (Å²) < 4.78 is 6.62. The smallest absolute Gasteiger partial charge is 0.230 e. The molecule has 3 aromatic rings. The Hall–Kier alpha value is -2.11. The Labute approximate surface area is 164 Å². The first-order valence-electron chi connectivity index (χ1n) is 8.00. The number of anilines is 1. The van der Waals surface area contributed by atoms with E-state index in [4.69, 9.17) is 16.0 Å². The summed E-state index contributed by atoms with van der Waals surface area (Å²) >= 11 is 9.31. The molecule has 2 aromatic carbocycles. The zero-order valence-corrected chi connectivity index (χ0v) is 16.9. The van der Waals surface area contributed by atoms with Crippen LogP contribution in [-0.4, -0.2) is 11.7 Å². The number of ketones is 1. The highest BCUT2D eigenvalue weighted by atomic mass is 79.9. The minimum absolute atomic E-state index is 0.0954. The molecule has 0 aliphatic rings. The van der Waals surface area contributed by atoms with E-state index in [1.807, 2.05) is 12.1 Å². The predicted molar refractivity (Wildman–Crippen MR) is 107 cm³/mol. The molecular weight excluding hydrogens is 418 g/mol. The van der Waals surface area contributed by atoms with Crippen LogP contribution in [0.5, 0.6) is 0 Å². The number of fused-ring (bicyclic) bond motifs is 1. The van der Waals surface area contributed by atoms with Crippen LogP contribution < -0.4 is 5.32 Å². The van der Waals surface area contributed by atoms with Crippen molar-refractivity contribution < 1.29 is 14.0 Å². The van der Waals surface area contributed by atoms with E-state index in [0.717, 1.165) is 4.47 Å². The quantitative estimate of drug-likeness (QED) is 0.509. The SMILES string of the molecule is CC(C)(C)C(=O)Nc1c(C(=O)c2ccc(Cl)cc2)oc2ccc(Br)cc12. The third-order valence-corrected chi connectivity index (χ3v) is 4.63. The van der Waals surface area contributed by atoms with Gasteiger partial charge in [0.05, 0.1) is 5.69 Å². The first-order chi connectivity index (χ1) is 12.2. The second kappa shape index (κ2) is 6.89. The molecule has 0 saturated heterocycles. The summed E-state index contributed by atoms with van der Waals surface area (Å²) in [5.74, 6) is -0.429. The Kier molecular flexibility index (Phi) is 4.95. The van der Waals surface area contributed by atoms with Crippen LogP contribution in [0.1, 0.15) is 36.9 Å². The van der Waals surface area contributed by atoms with Crippen molar-refractivity contribution in [2.24, 2.45) is 5.41 Å². The normalized spacial score (nSPS) is 11.6. The van der Waals surface area contributed by atoms with Gasteiger partial charge in [-0.3, -0.25) is 9.59 Å². The van der Waals surface area contributed by atoms with E-state index in [-0.39, 0.29) is 17.5 Å². The summed E-state index contributed by atoms with van der Waals surface area (Å²) in [6.45, 7) is 5.42. The zero-order chi connectivity index (χ0) is 19.1. The van der Waals surface area contributed by atoms with Crippen molar-refractivity contribution in [3.8, 4) is 0 Å². The van der Waals surface area contributed by atoms with Gasteiger partial charge in [-0.25, -0.2) is 0 Å². The lowest BCUT2D eigenvalue weighted by atomic mass is 9.95. The van der Waals surface area contributed by atoms with E-state index in [0.29, 0.717) is 27.2 Å². The lowest BCUT2D eigenvalue weighted by Crippen LogP contribution is -2.28. The van der Waals surface area contributed by atoms with Crippen molar-refractivity contribution in [2.75, 3.05) is 5.32 Å². The second-order valence-electron chi connectivity index (χ2n) is 6.99. The van der Waals surface area contributed by atoms with E-state index < -0.39 is 5.41 Å². The summed E-state index contributed by atoms with van der Waals surface area (Å²) in [7, 11) is 0. The molecule has 0 saturated carbocycles. The van der Waals surface area contributed by atoms with Crippen LogP contribution in [0.3, 0.4) is 0 Å². The average molecular weight is 435 g/mol. The Balaban J connectivity index is 2.14. The van der Waals surface area contributed by atoms with E-state index >= 15 is 0 Å². The van der Waals surface area contributed by atoms with Crippen LogP contribution in [0.2, 0.25) is 5.02 Å². The maximum Gasteiger partial charge on any atom is 0.230 e. The number of halogens is 2. The minimum atomic E-state index is -0.615. The van der Waals surface area contributed by atoms with Crippen molar-refractivity contribution in [3.05, 3.63) is 63.3 Å². The molecule has 1 heterocycles. The third-order valence-electron chi connectivity index (χ3n) is 3.88. The molecule has 1 amide bonds. The third kappa shape index (κ3) is 3.69. The number of nitrogens with one attached hydrogen (secondary N) is 1. The van der Waals surface area contributed by atoms with E-state index in [9.17, 15) is 9.59 Å². The Morgan fingerprint density at radius 3 is 2.35 bits per heavy atom. The topological polar surface area (TPSA) is 59.3 Å². The first-order valence-corrected chi connectivity index (χ1v) is 9.17. The standard InChI is InChI=1S/C20H17BrClNO3/c1-20(2,3)19(25)23-16-14-10-12(21)6-9-15(14)26-18(16)17(24)11-4-7-13(22)8-5-11/h4-10H,1-3H3,(H,23,25). The Bertz CT molecular complexity index is 1000. The fourth-order valence-electron chi connectivity index (χ4n) is 2.39. The van der Waals surface area contributed by atoms with Gasteiger partial charge in [-0.1, -0.05) is 48.3 Å². The molecule has 0 aliphatic heterocycles. The molecule has 26 heavy (non-hydrogen) atoms. The van der Waals surface area contributed by atoms with Gasteiger partial charge >= 0.3 is 0 Å². The Morgan fingerprint density at radius 1 is 1.08 bits per heavy atom. The van der Waals surface area contributed by atoms with Crippen LogP contribution in [0.25, 0.3) is 11.0 Å². The molecular formula is C20H17BrClNO3. The lowest BCUT2D eigenvalue weighted by Gasteiger charge is -2.17. The number of furan rings is 1. The van der Waals surface area contributed by atoms with Crippen molar-refractivity contribution >= 4 is 55.9 Å². The van der Waals surface area contributed by atoms with Crippen molar-refractivity contribution in [3.63, 3.8) is 0 Å². The van der Waals surface area contributed by atoms with E-state index in [2.05, 4.69) is 21.2 Å². The van der Waals surface area contributed by atoms with Gasteiger partial charge in [-0.2, -0.15) is 0 Å².